The quantitative estimate of drug-likeness (QED) is 0.504. The molecule has 0 aromatic heterocycles. The summed E-state index contributed by atoms with van der Waals surface area (Å²) < 4.78 is 10.9. The Balaban J connectivity index is 1.68. The van der Waals surface area contributed by atoms with Crippen molar-refractivity contribution in [3.8, 4) is 11.5 Å². The van der Waals surface area contributed by atoms with Gasteiger partial charge in [-0.05, 0) is 86.3 Å². The highest BCUT2D eigenvalue weighted by atomic mass is 16.5. The molecule has 0 N–H and O–H groups in total. The van der Waals surface area contributed by atoms with Gasteiger partial charge in [0.05, 0.1) is 14.2 Å². The molecule has 1 fully saturated rings. The van der Waals surface area contributed by atoms with E-state index in [-0.39, 0.29) is 5.41 Å². The fourth-order valence-electron chi connectivity index (χ4n) is 6.79. The molecule has 1 saturated carbocycles. The summed E-state index contributed by atoms with van der Waals surface area (Å²) in [5.41, 5.74) is 6.79. The van der Waals surface area contributed by atoms with E-state index in [1.54, 1.807) is 19.8 Å². The summed E-state index contributed by atoms with van der Waals surface area (Å²) in [6.07, 6.45) is 12.0. The van der Waals surface area contributed by atoms with E-state index in [0.717, 1.165) is 17.4 Å². The normalized spacial score (nSPS) is 28.5. The molecule has 3 atom stereocenters. The topological polar surface area (TPSA) is 18.5 Å². The molecule has 0 spiro atoms. The zero-order valence-electron chi connectivity index (χ0n) is 18.5. The Hall–Kier alpha value is -2.22. The summed E-state index contributed by atoms with van der Waals surface area (Å²) in [6.45, 7) is 0. The first kappa shape index (κ1) is 19.7. The molecule has 158 valence electrons. The molecule has 0 saturated heterocycles. The molecule has 2 aromatic carbocycles. The molecule has 5 rings (SSSR count). The third kappa shape index (κ3) is 3.25. The van der Waals surface area contributed by atoms with Crippen LogP contribution in [0.15, 0.2) is 59.7 Å². The van der Waals surface area contributed by atoms with Gasteiger partial charge in [0.15, 0.2) is 0 Å². The maximum Gasteiger partial charge on any atom is 0.118 e. The van der Waals surface area contributed by atoms with Gasteiger partial charge in [-0.15, -0.1) is 0 Å². The first-order chi connectivity index (χ1) is 14.7. The van der Waals surface area contributed by atoms with Crippen LogP contribution in [0.3, 0.4) is 0 Å². The van der Waals surface area contributed by atoms with Crippen molar-refractivity contribution in [2.24, 2.45) is 5.92 Å². The lowest BCUT2D eigenvalue weighted by atomic mass is 9.51. The van der Waals surface area contributed by atoms with Crippen LogP contribution in [0.4, 0.5) is 0 Å². The molecule has 2 aromatic rings. The second kappa shape index (κ2) is 8.13. The van der Waals surface area contributed by atoms with Crippen molar-refractivity contribution >= 4 is 0 Å². The number of fused-ring (bicyclic) bond motifs is 3. The summed E-state index contributed by atoms with van der Waals surface area (Å²) in [7, 11) is 3.51. The molecule has 30 heavy (non-hydrogen) atoms. The van der Waals surface area contributed by atoms with E-state index in [4.69, 9.17) is 9.47 Å². The average Bonchev–Trinajstić information content (AvgIpc) is 3.06. The molecule has 2 heteroatoms. The monoisotopic (exact) mass is 402 g/mol. The Morgan fingerprint density at radius 2 is 1.37 bits per heavy atom. The van der Waals surface area contributed by atoms with Crippen molar-refractivity contribution in [2.45, 2.75) is 69.1 Å². The van der Waals surface area contributed by atoms with Crippen molar-refractivity contribution in [1.82, 2.24) is 0 Å². The van der Waals surface area contributed by atoms with Gasteiger partial charge in [-0.2, -0.15) is 0 Å². The lowest BCUT2D eigenvalue weighted by Crippen LogP contribution is -2.44. The summed E-state index contributed by atoms with van der Waals surface area (Å²) in [5.74, 6) is 3.17. The molecule has 0 aliphatic heterocycles. The summed E-state index contributed by atoms with van der Waals surface area (Å²) in [5, 5.41) is 0. The lowest BCUT2D eigenvalue weighted by Gasteiger charge is -2.53. The van der Waals surface area contributed by atoms with Crippen LogP contribution in [0.5, 0.6) is 11.5 Å². The Bertz CT molecular complexity index is 909. The maximum absolute atomic E-state index is 5.47. The van der Waals surface area contributed by atoms with Gasteiger partial charge in [-0.3, -0.25) is 0 Å². The molecular formula is C28H34O2. The van der Waals surface area contributed by atoms with E-state index < -0.39 is 0 Å². The van der Waals surface area contributed by atoms with E-state index in [1.807, 2.05) is 5.57 Å². The van der Waals surface area contributed by atoms with Crippen LogP contribution >= 0.6 is 0 Å². The fraction of sp³-hybridized carbons (Fsp3) is 0.500. The summed E-state index contributed by atoms with van der Waals surface area (Å²) >= 11 is 0. The lowest BCUT2D eigenvalue weighted by molar-refractivity contribution is 0.190. The number of ether oxygens (including phenoxy) is 2. The Morgan fingerprint density at radius 3 is 2.03 bits per heavy atom. The number of hydrogen-bond donors (Lipinski definition) is 0. The number of rotatable bonds is 4. The molecule has 3 unspecified atom stereocenters. The first-order valence-electron chi connectivity index (χ1n) is 11.8. The van der Waals surface area contributed by atoms with Gasteiger partial charge < -0.3 is 9.47 Å². The third-order valence-corrected chi connectivity index (χ3v) is 8.10. The molecule has 0 amide bonds. The summed E-state index contributed by atoms with van der Waals surface area (Å²) in [6, 6.07) is 18.0. The number of allylic oxidation sites excluding steroid dienone is 2. The van der Waals surface area contributed by atoms with E-state index in [1.165, 1.54) is 68.9 Å². The standard InChI is InChI=1S/C28H34O2/c1-29-23-14-10-20(11-15-23)27-26-9-5-3-4-8-25(26)21-7-6-18-28(27,19-21)22-12-16-24(30-2)17-13-22/h10-17,21,27H,3-9,18-19H2,1-2H3. The molecule has 0 radical (unpaired) electrons. The smallest absolute Gasteiger partial charge is 0.118 e. The number of methoxy groups -OCH3 is 2. The van der Waals surface area contributed by atoms with Crippen LogP contribution in [-0.2, 0) is 5.41 Å². The van der Waals surface area contributed by atoms with Crippen LogP contribution in [0, 0.1) is 5.92 Å². The van der Waals surface area contributed by atoms with Gasteiger partial charge in [0.1, 0.15) is 11.5 Å². The van der Waals surface area contributed by atoms with Crippen LogP contribution < -0.4 is 9.47 Å². The van der Waals surface area contributed by atoms with Gasteiger partial charge in [0.25, 0.3) is 0 Å². The highest BCUT2D eigenvalue weighted by Gasteiger charge is 2.50. The van der Waals surface area contributed by atoms with Gasteiger partial charge >= 0.3 is 0 Å². The van der Waals surface area contributed by atoms with Crippen molar-refractivity contribution < 1.29 is 9.47 Å². The molecule has 3 aliphatic carbocycles. The minimum absolute atomic E-state index is 0.201. The first-order valence-corrected chi connectivity index (χ1v) is 11.8. The molecule has 2 nitrogen and oxygen atoms in total. The van der Waals surface area contributed by atoms with Gasteiger partial charge in [-0.25, -0.2) is 0 Å². The van der Waals surface area contributed by atoms with Crippen molar-refractivity contribution in [3.63, 3.8) is 0 Å². The van der Waals surface area contributed by atoms with Crippen LogP contribution in [0.1, 0.15) is 74.8 Å². The Labute approximate surface area is 181 Å². The van der Waals surface area contributed by atoms with E-state index in [9.17, 15) is 0 Å². The van der Waals surface area contributed by atoms with Gasteiger partial charge in [-0.1, -0.05) is 48.3 Å². The molecule has 3 aliphatic rings. The van der Waals surface area contributed by atoms with Gasteiger partial charge in [0.2, 0.25) is 0 Å². The minimum Gasteiger partial charge on any atom is -0.497 e. The van der Waals surface area contributed by atoms with E-state index in [2.05, 4.69) is 48.5 Å². The van der Waals surface area contributed by atoms with Crippen LogP contribution in [-0.4, -0.2) is 14.2 Å². The van der Waals surface area contributed by atoms with E-state index >= 15 is 0 Å². The molecule has 0 heterocycles. The predicted molar refractivity (Wildman–Crippen MR) is 122 cm³/mol. The zero-order chi connectivity index (χ0) is 20.6. The molecular weight excluding hydrogens is 368 g/mol. The van der Waals surface area contributed by atoms with Gasteiger partial charge in [0, 0.05) is 11.3 Å². The average molecular weight is 403 g/mol. The van der Waals surface area contributed by atoms with E-state index in [0.29, 0.717) is 5.92 Å². The Kier molecular flexibility index (Phi) is 5.35. The number of benzene rings is 2. The van der Waals surface area contributed by atoms with Crippen LogP contribution in [0.25, 0.3) is 0 Å². The highest BCUT2D eigenvalue weighted by molar-refractivity contribution is 5.48. The minimum atomic E-state index is 0.201. The SMILES string of the molecule is COc1ccc(C2C3=C(CCCCC3)C3CCCC2(c2ccc(OC)cc2)C3)cc1. The highest BCUT2D eigenvalue weighted by Crippen LogP contribution is 2.61. The fourth-order valence-corrected chi connectivity index (χ4v) is 6.79. The second-order valence-electron chi connectivity index (χ2n) is 9.50. The van der Waals surface area contributed by atoms with Crippen molar-refractivity contribution in [1.29, 1.82) is 0 Å². The third-order valence-electron chi connectivity index (χ3n) is 8.10. The maximum atomic E-state index is 5.47. The second-order valence-corrected chi connectivity index (χ2v) is 9.50. The van der Waals surface area contributed by atoms with Crippen LogP contribution in [0.2, 0.25) is 0 Å². The van der Waals surface area contributed by atoms with Crippen molar-refractivity contribution in [3.05, 3.63) is 70.8 Å². The van der Waals surface area contributed by atoms with Crippen molar-refractivity contribution in [2.75, 3.05) is 14.2 Å². The zero-order valence-corrected chi connectivity index (χ0v) is 18.5. The Morgan fingerprint density at radius 1 is 0.733 bits per heavy atom. The number of hydrogen-bond acceptors (Lipinski definition) is 2. The predicted octanol–water partition coefficient (Wildman–Crippen LogP) is 7.19. The molecule has 2 bridgehead atoms. The summed E-state index contributed by atoms with van der Waals surface area (Å²) in [4.78, 5) is 0. The largest absolute Gasteiger partial charge is 0.497 e.